The van der Waals surface area contributed by atoms with Gasteiger partial charge < -0.3 is 4.90 Å². The Morgan fingerprint density at radius 1 is 1.33 bits per heavy atom. The van der Waals surface area contributed by atoms with Crippen LogP contribution in [0.2, 0.25) is 0 Å². The topological polar surface area (TPSA) is 32.3 Å². The molecule has 0 radical (unpaired) electrons. The van der Waals surface area contributed by atoms with Crippen LogP contribution in [0.25, 0.3) is 0 Å². The Morgan fingerprint density at radius 3 is 2.44 bits per heavy atom. The molecule has 1 rings (SSSR count). The summed E-state index contributed by atoms with van der Waals surface area (Å²) in [5.41, 5.74) is 0. The lowest BCUT2D eigenvalue weighted by molar-refractivity contribution is -0.131. The number of rotatable bonds is 7. The summed E-state index contributed by atoms with van der Waals surface area (Å²) in [5, 5.41) is 3.42. The molecule has 0 aliphatic carbocycles. The van der Waals surface area contributed by atoms with E-state index in [1.165, 1.54) is 25.7 Å². The van der Waals surface area contributed by atoms with E-state index in [1.807, 2.05) is 0 Å². The van der Waals surface area contributed by atoms with Crippen molar-refractivity contribution >= 4 is 5.91 Å². The molecule has 0 saturated carbocycles. The Hall–Kier alpha value is -0.570. The predicted molar refractivity (Wildman–Crippen MR) is 76.2 cm³/mol. The van der Waals surface area contributed by atoms with E-state index >= 15 is 0 Å². The minimum Gasteiger partial charge on any atom is -0.326 e. The summed E-state index contributed by atoms with van der Waals surface area (Å²) in [6, 6.07) is 0.0173. The van der Waals surface area contributed by atoms with Crippen LogP contribution in [0.1, 0.15) is 60.3 Å². The molecule has 1 saturated heterocycles. The van der Waals surface area contributed by atoms with E-state index in [0.29, 0.717) is 17.7 Å². The maximum Gasteiger partial charge on any atom is 0.241 e. The molecule has 18 heavy (non-hydrogen) atoms. The van der Waals surface area contributed by atoms with Crippen molar-refractivity contribution in [1.29, 1.82) is 0 Å². The summed E-state index contributed by atoms with van der Waals surface area (Å²) in [4.78, 5) is 14.4. The van der Waals surface area contributed by atoms with Crippen LogP contribution in [0.15, 0.2) is 0 Å². The molecule has 0 aromatic rings. The second kappa shape index (κ2) is 7.13. The zero-order valence-electron chi connectivity index (χ0n) is 12.7. The Morgan fingerprint density at radius 2 is 2.00 bits per heavy atom. The molecule has 1 amide bonds. The molecule has 1 aliphatic rings. The van der Waals surface area contributed by atoms with Gasteiger partial charge >= 0.3 is 0 Å². The summed E-state index contributed by atoms with van der Waals surface area (Å²) in [5.74, 6) is 1.33. The molecule has 1 heterocycles. The average Bonchev–Trinajstić information content (AvgIpc) is 2.61. The average molecular weight is 254 g/mol. The number of hydrogen-bond donors (Lipinski definition) is 1. The van der Waals surface area contributed by atoms with Crippen LogP contribution in [-0.2, 0) is 4.79 Å². The third-order valence-electron chi connectivity index (χ3n) is 4.10. The molecule has 0 bridgehead atoms. The lowest BCUT2D eigenvalue weighted by Crippen LogP contribution is -2.38. The van der Waals surface area contributed by atoms with Gasteiger partial charge in [-0.05, 0) is 25.2 Å². The Kier molecular flexibility index (Phi) is 6.13. The summed E-state index contributed by atoms with van der Waals surface area (Å²) >= 11 is 0. The second-order valence-corrected chi connectivity index (χ2v) is 5.97. The first kappa shape index (κ1) is 15.5. The van der Waals surface area contributed by atoms with Crippen LogP contribution in [0, 0.1) is 11.8 Å². The van der Waals surface area contributed by atoms with Gasteiger partial charge in [-0.15, -0.1) is 0 Å². The number of nitrogens with one attached hydrogen (secondary N) is 1. The van der Waals surface area contributed by atoms with Gasteiger partial charge in [0.1, 0.15) is 0 Å². The fourth-order valence-corrected chi connectivity index (χ4v) is 2.71. The van der Waals surface area contributed by atoms with Crippen LogP contribution in [-0.4, -0.2) is 29.6 Å². The van der Waals surface area contributed by atoms with E-state index < -0.39 is 0 Å². The van der Waals surface area contributed by atoms with Crippen LogP contribution in [0.5, 0.6) is 0 Å². The smallest absolute Gasteiger partial charge is 0.241 e. The van der Waals surface area contributed by atoms with Gasteiger partial charge in [-0.3, -0.25) is 10.1 Å². The monoisotopic (exact) mass is 254 g/mol. The third-order valence-corrected chi connectivity index (χ3v) is 4.10. The van der Waals surface area contributed by atoms with E-state index in [2.05, 4.69) is 44.8 Å². The molecule has 1 N–H and O–H groups in total. The van der Waals surface area contributed by atoms with Gasteiger partial charge in [0, 0.05) is 6.54 Å². The molecule has 3 nitrogen and oxygen atoms in total. The quantitative estimate of drug-likeness (QED) is 0.757. The lowest BCUT2D eigenvalue weighted by Gasteiger charge is -2.26. The van der Waals surface area contributed by atoms with Gasteiger partial charge in [0.05, 0.1) is 12.2 Å². The maximum absolute atomic E-state index is 12.3. The van der Waals surface area contributed by atoms with Crippen molar-refractivity contribution in [2.45, 2.75) is 72.5 Å². The van der Waals surface area contributed by atoms with Crippen LogP contribution in [0.4, 0.5) is 0 Å². The minimum atomic E-state index is 0.0173. The summed E-state index contributed by atoms with van der Waals surface area (Å²) in [6.07, 6.45) is 5.13. The zero-order chi connectivity index (χ0) is 13.7. The minimum absolute atomic E-state index is 0.0173. The molecule has 106 valence electrons. The van der Waals surface area contributed by atoms with E-state index in [1.54, 1.807) is 0 Å². The fourth-order valence-electron chi connectivity index (χ4n) is 2.71. The number of unbranched alkanes of at least 4 members (excludes halogenated alkanes) is 1. The van der Waals surface area contributed by atoms with Gasteiger partial charge in [-0.2, -0.15) is 0 Å². The second-order valence-electron chi connectivity index (χ2n) is 5.97. The van der Waals surface area contributed by atoms with E-state index in [4.69, 9.17) is 0 Å². The zero-order valence-corrected chi connectivity index (χ0v) is 12.7. The highest BCUT2D eigenvalue weighted by Crippen LogP contribution is 2.21. The van der Waals surface area contributed by atoms with Crippen molar-refractivity contribution in [3.8, 4) is 0 Å². The van der Waals surface area contributed by atoms with Gasteiger partial charge in [0.15, 0.2) is 0 Å². The van der Waals surface area contributed by atoms with Crippen molar-refractivity contribution in [3.05, 3.63) is 0 Å². The highest BCUT2D eigenvalue weighted by Gasteiger charge is 2.38. The first-order valence-corrected chi connectivity index (χ1v) is 7.57. The summed E-state index contributed by atoms with van der Waals surface area (Å²) < 4.78 is 0. The largest absolute Gasteiger partial charge is 0.326 e. The molecule has 0 spiro atoms. The lowest BCUT2D eigenvalue weighted by atomic mass is 9.98. The molecule has 3 heteroatoms. The fraction of sp³-hybridized carbons (Fsp3) is 0.933. The van der Waals surface area contributed by atoms with E-state index in [0.717, 1.165) is 6.54 Å². The Bertz CT molecular complexity index is 265. The molecule has 1 aliphatic heterocycles. The van der Waals surface area contributed by atoms with E-state index in [-0.39, 0.29) is 12.2 Å². The first-order valence-electron chi connectivity index (χ1n) is 7.57. The molecule has 3 unspecified atom stereocenters. The Labute approximate surface area is 112 Å². The van der Waals surface area contributed by atoms with Gasteiger partial charge in [-0.1, -0.05) is 47.0 Å². The normalized spacial score (nSPS) is 26.1. The van der Waals surface area contributed by atoms with Crippen molar-refractivity contribution < 1.29 is 4.79 Å². The molecular weight excluding hydrogens is 224 g/mol. The van der Waals surface area contributed by atoms with Gasteiger partial charge in [-0.25, -0.2) is 0 Å². The highest BCUT2D eigenvalue weighted by atomic mass is 16.2. The predicted octanol–water partition coefficient (Wildman–Crippen LogP) is 3.01. The summed E-state index contributed by atoms with van der Waals surface area (Å²) in [7, 11) is 0. The van der Waals surface area contributed by atoms with Crippen molar-refractivity contribution in [2.24, 2.45) is 11.8 Å². The Balaban J connectivity index is 2.57. The molecule has 1 fully saturated rings. The maximum atomic E-state index is 12.3. The molecule has 3 atom stereocenters. The van der Waals surface area contributed by atoms with Crippen LogP contribution < -0.4 is 5.32 Å². The van der Waals surface area contributed by atoms with Crippen molar-refractivity contribution in [1.82, 2.24) is 10.2 Å². The van der Waals surface area contributed by atoms with Crippen molar-refractivity contribution in [3.63, 3.8) is 0 Å². The van der Waals surface area contributed by atoms with Gasteiger partial charge in [0.25, 0.3) is 0 Å². The number of nitrogens with zero attached hydrogens (tertiary/aromatic N) is 1. The first-order chi connectivity index (χ1) is 8.51. The molecular formula is C15H30N2O. The van der Waals surface area contributed by atoms with E-state index in [9.17, 15) is 4.79 Å². The highest BCUT2D eigenvalue weighted by molar-refractivity contribution is 5.84. The number of hydrogen-bond acceptors (Lipinski definition) is 2. The molecule has 0 aromatic heterocycles. The summed E-state index contributed by atoms with van der Waals surface area (Å²) in [6.45, 7) is 11.7. The molecule has 0 aromatic carbocycles. The van der Waals surface area contributed by atoms with Crippen LogP contribution >= 0.6 is 0 Å². The third kappa shape index (κ3) is 3.71. The number of carbonyl (C=O) groups is 1. The SMILES string of the molecule is CCCCC(CC)CN1C(=O)C(C(C)C)NC1C. The number of carbonyl (C=O) groups excluding carboxylic acids is 1. The standard InChI is InChI=1S/C15H30N2O/c1-6-8-9-13(7-2)10-17-12(5)16-14(11(3)4)15(17)18/h11-14,16H,6-10H2,1-5H3. The van der Waals surface area contributed by atoms with Crippen molar-refractivity contribution in [2.75, 3.05) is 6.54 Å². The number of amides is 1. The van der Waals surface area contributed by atoms with Gasteiger partial charge in [0.2, 0.25) is 5.91 Å². The van der Waals surface area contributed by atoms with Crippen LogP contribution in [0.3, 0.4) is 0 Å².